The summed E-state index contributed by atoms with van der Waals surface area (Å²) in [4.78, 5) is 21.0. The number of benzene rings is 1. The van der Waals surface area contributed by atoms with Gasteiger partial charge >= 0.3 is 0 Å². The minimum Gasteiger partial charge on any atom is -0.382 e. The van der Waals surface area contributed by atoms with Gasteiger partial charge in [0, 0.05) is 29.5 Å². The summed E-state index contributed by atoms with van der Waals surface area (Å²) in [6, 6.07) is 7.74. The van der Waals surface area contributed by atoms with Crippen molar-refractivity contribution in [3.05, 3.63) is 39.1 Å². The van der Waals surface area contributed by atoms with Gasteiger partial charge in [-0.15, -0.1) is 0 Å². The molecule has 2 aromatic rings. The summed E-state index contributed by atoms with van der Waals surface area (Å²) >= 11 is 4.84. The standard InChI is InChI=1S/C18H24BrN5OS/c1-18(11-20)7-9-24(10-8-18)17-22-15(21)14(16(25)23(17)2)26-13-6-4-3-5-12(13)19/h3-6H,7-11,20-21H2,1-2H3. The van der Waals surface area contributed by atoms with Crippen LogP contribution in [0.5, 0.6) is 0 Å². The molecule has 26 heavy (non-hydrogen) atoms. The Kier molecular flexibility index (Phi) is 5.64. The van der Waals surface area contributed by atoms with E-state index in [0.717, 1.165) is 35.3 Å². The van der Waals surface area contributed by atoms with Crippen LogP contribution in [0.1, 0.15) is 19.8 Å². The Morgan fingerprint density at radius 2 is 1.96 bits per heavy atom. The zero-order valence-electron chi connectivity index (χ0n) is 15.0. The van der Waals surface area contributed by atoms with Gasteiger partial charge in [-0.1, -0.05) is 30.8 Å². The number of hydrogen-bond acceptors (Lipinski definition) is 6. The highest BCUT2D eigenvalue weighted by Crippen LogP contribution is 2.35. The van der Waals surface area contributed by atoms with Crippen molar-refractivity contribution in [3.8, 4) is 0 Å². The molecule has 3 rings (SSSR count). The van der Waals surface area contributed by atoms with E-state index in [2.05, 4.69) is 32.7 Å². The SMILES string of the molecule is Cn1c(N2CCC(C)(CN)CC2)nc(N)c(Sc2ccccc2Br)c1=O. The number of nitrogens with zero attached hydrogens (tertiary/aromatic N) is 3. The first kappa shape index (κ1) is 19.3. The van der Waals surface area contributed by atoms with E-state index in [1.807, 2.05) is 24.3 Å². The van der Waals surface area contributed by atoms with Gasteiger partial charge in [-0.2, -0.15) is 4.98 Å². The molecule has 1 saturated heterocycles. The molecule has 0 atom stereocenters. The molecule has 0 amide bonds. The molecule has 0 bridgehead atoms. The topological polar surface area (TPSA) is 90.2 Å². The number of piperidine rings is 1. The second kappa shape index (κ2) is 7.62. The van der Waals surface area contributed by atoms with Gasteiger partial charge in [0.05, 0.1) is 0 Å². The van der Waals surface area contributed by atoms with Crippen LogP contribution in [0.3, 0.4) is 0 Å². The second-order valence-corrected chi connectivity index (χ2v) is 8.93. The van der Waals surface area contributed by atoms with Crippen molar-refractivity contribution < 1.29 is 0 Å². The van der Waals surface area contributed by atoms with E-state index in [9.17, 15) is 4.79 Å². The third-order valence-electron chi connectivity index (χ3n) is 5.05. The molecule has 0 saturated carbocycles. The monoisotopic (exact) mass is 437 g/mol. The van der Waals surface area contributed by atoms with E-state index in [1.54, 1.807) is 11.6 Å². The maximum atomic E-state index is 12.9. The fraction of sp³-hybridized carbons (Fsp3) is 0.444. The second-order valence-electron chi connectivity index (χ2n) is 7.02. The number of anilines is 2. The van der Waals surface area contributed by atoms with Gasteiger partial charge in [0.2, 0.25) is 5.95 Å². The normalized spacial score (nSPS) is 16.7. The number of halogens is 1. The van der Waals surface area contributed by atoms with E-state index >= 15 is 0 Å². The van der Waals surface area contributed by atoms with E-state index < -0.39 is 0 Å². The molecule has 2 heterocycles. The maximum absolute atomic E-state index is 12.9. The van der Waals surface area contributed by atoms with Gasteiger partial charge in [0.1, 0.15) is 10.7 Å². The van der Waals surface area contributed by atoms with E-state index in [-0.39, 0.29) is 16.8 Å². The molecular weight excluding hydrogens is 414 g/mol. The van der Waals surface area contributed by atoms with Crippen LogP contribution in [-0.4, -0.2) is 29.2 Å². The van der Waals surface area contributed by atoms with E-state index in [4.69, 9.17) is 11.5 Å². The summed E-state index contributed by atoms with van der Waals surface area (Å²) in [6.07, 6.45) is 1.96. The Morgan fingerprint density at radius 1 is 1.31 bits per heavy atom. The van der Waals surface area contributed by atoms with Crippen molar-refractivity contribution in [2.45, 2.75) is 29.6 Å². The molecule has 1 aliphatic rings. The molecule has 0 aliphatic carbocycles. The zero-order chi connectivity index (χ0) is 18.9. The van der Waals surface area contributed by atoms with E-state index in [1.165, 1.54) is 11.8 Å². The molecule has 4 N–H and O–H groups in total. The number of hydrogen-bond donors (Lipinski definition) is 2. The van der Waals surface area contributed by atoms with Crippen LogP contribution >= 0.6 is 27.7 Å². The Labute approximate surface area is 166 Å². The Balaban J connectivity index is 1.90. The minimum absolute atomic E-state index is 0.125. The van der Waals surface area contributed by atoms with Gasteiger partial charge in [0.25, 0.3) is 5.56 Å². The summed E-state index contributed by atoms with van der Waals surface area (Å²) in [5.74, 6) is 0.902. The van der Waals surface area contributed by atoms with Crippen LogP contribution in [0, 0.1) is 5.41 Å². The van der Waals surface area contributed by atoms with Crippen molar-refractivity contribution in [1.29, 1.82) is 0 Å². The summed E-state index contributed by atoms with van der Waals surface area (Å²) in [7, 11) is 1.75. The summed E-state index contributed by atoms with van der Waals surface area (Å²) < 4.78 is 2.52. The van der Waals surface area contributed by atoms with Crippen molar-refractivity contribution in [3.63, 3.8) is 0 Å². The van der Waals surface area contributed by atoms with Crippen molar-refractivity contribution in [2.75, 3.05) is 30.3 Å². The molecule has 0 radical (unpaired) electrons. The molecule has 1 fully saturated rings. The lowest BCUT2D eigenvalue weighted by Gasteiger charge is -2.39. The highest BCUT2D eigenvalue weighted by atomic mass is 79.9. The largest absolute Gasteiger partial charge is 0.382 e. The predicted octanol–water partition coefficient (Wildman–Crippen LogP) is 2.84. The van der Waals surface area contributed by atoms with Crippen LogP contribution < -0.4 is 21.9 Å². The van der Waals surface area contributed by atoms with Gasteiger partial charge < -0.3 is 16.4 Å². The average Bonchev–Trinajstić information content (AvgIpc) is 2.64. The van der Waals surface area contributed by atoms with Crippen LogP contribution in [-0.2, 0) is 7.05 Å². The fourth-order valence-electron chi connectivity index (χ4n) is 3.05. The van der Waals surface area contributed by atoms with Crippen molar-refractivity contribution in [1.82, 2.24) is 9.55 Å². The minimum atomic E-state index is -0.125. The van der Waals surface area contributed by atoms with Gasteiger partial charge in [-0.3, -0.25) is 9.36 Å². The molecule has 1 aliphatic heterocycles. The Hall–Kier alpha value is -1.51. The van der Waals surface area contributed by atoms with Crippen molar-refractivity contribution in [2.24, 2.45) is 18.2 Å². The molecule has 0 spiro atoms. The first-order valence-electron chi connectivity index (χ1n) is 8.58. The van der Waals surface area contributed by atoms with Crippen molar-refractivity contribution >= 4 is 39.5 Å². The van der Waals surface area contributed by atoms with Gasteiger partial charge in [-0.25, -0.2) is 0 Å². The van der Waals surface area contributed by atoms with Crippen LogP contribution in [0.25, 0.3) is 0 Å². The summed E-state index contributed by atoms with van der Waals surface area (Å²) in [5, 5.41) is 0. The molecule has 140 valence electrons. The average molecular weight is 438 g/mol. The Bertz CT molecular complexity index is 861. The quantitative estimate of drug-likeness (QED) is 0.763. The highest BCUT2D eigenvalue weighted by Gasteiger charge is 2.30. The number of nitrogen functional groups attached to an aromatic ring is 1. The smallest absolute Gasteiger partial charge is 0.270 e. The third-order valence-corrected chi connectivity index (χ3v) is 7.16. The lowest BCUT2D eigenvalue weighted by atomic mass is 9.81. The summed E-state index contributed by atoms with van der Waals surface area (Å²) in [5.41, 5.74) is 12.1. The summed E-state index contributed by atoms with van der Waals surface area (Å²) in [6.45, 7) is 4.54. The zero-order valence-corrected chi connectivity index (χ0v) is 17.4. The first-order chi connectivity index (χ1) is 12.3. The van der Waals surface area contributed by atoms with Gasteiger partial charge in [-0.05, 0) is 52.9 Å². The first-order valence-corrected chi connectivity index (χ1v) is 10.2. The molecule has 1 aromatic heterocycles. The van der Waals surface area contributed by atoms with Crippen LogP contribution in [0.4, 0.5) is 11.8 Å². The molecule has 0 unspecified atom stereocenters. The fourth-order valence-corrected chi connectivity index (χ4v) is 4.49. The number of rotatable bonds is 4. The van der Waals surface area contributed by atoms with Crippen LogP contribution in [0.15, 0.2) is 43.3 Å². The highest BCUT2D eigenvalue weighted by molar-refractivity contribution is 9.10. The van der Waals surface area contributed by atoms with E-state index in [0.29, 0.717) is 17.4 Å². The van der Waals surface area contributed by atoms with Crippen LogP contribution in [0.2, 0.25) is 0 Å². The molecule has 6 nitrogen and oxygen atoms in total. The molecule has 1 aromatic carbocycles. The van der Waals surface area contributed by atoms with Gasteiger partial charge in [0.15, 0.2) is 0 Å². The number of aromatic nitrogens is 2. The number of nitrogens with two attached hydrogens (primary N) is 2. The Morgan fingerprint density at radius 3 is 2.58 bits per heavy atom. The predicted molar refractivity (Wildman–Crippen MR) is 111 cm³/mol. The lowest BCUT2D eigenvalue weighted by Crippen LogP contribution is -2.44. The molecule has 8 heteroatoms. The third kappa shape index (κ3) is 3.77. The maximum Gasteiger partial charge on any atom is 0.270 e. The lowest BCUT2D eigenvalue weighted by molar-refractivity contribution is 0.256. The molecular formula is C18H24BrN5OS.